The molecule has 4 aromatic rings. The van der Waals surface area contributed by atoms with Crippen LogP contribution < -0.4 is 5.56 Å². The minimum Gasteiger partial charge on any atom is -0.268 e. The van der Waals surface area contributed by atoms with Crippen molar-refractivity contribution in [1.82, 2.24) is 9.55 Å². The van der Waals surface area contributed by atoms with Crippen molar-refractivity contribution < 1.29 is 0 Å². The molecular formula is C22H17BrN2OS. The number of nitrogens with zero attached hydrogens (tertiary/aromatic N) is 2. The molecule has 0 saturated heterocycles. The van der Waals surface area contributed by atoms with Gasteiger partial charge in [-0.15, -0.1) is 0 Å². The second-order valence-corrected chi connectivity index (χ2v) is 8.17. The van der Waals surface area contributed by atoms with Crippen LogP contribution in [0.3, 0.4) is 0 Å². The molecule has 4 rings (SSSR count). The molecule has 27 heavy (non-hydrogen) atoms. The fourth-order valence-corrected chi connectivity index (χ4v) is 4.31. The Morgan fingerprint density at radius 2 is 1.81 bits per heavy atom. The molecule has 0 amide bonds. The molecule has 0 bridgehead atoms. The van der Waals surface area contributed by atoms with Crippen LogP contribution in [0.1, 0.15) is 11.1 Å². The van der Waals surface area contributed by atoms with Gasteiger partial charge in [-0.3, -0.25) is 9.36 Å². The van der Waals surface area contributed by atoms with Crippen LogP contribution in [0.15, 0.2) is 87.2 Å². The van der Waals surface area contributed by atoms with Crippen LogP contribution in [0.2, 0.25) is 0 Å². The molecule has 0 spiro atoms. The van der Waals surface area contributed by atoms with E-state index in [0.29, 0.717) is 16.1 Å². The van der Waals surface area contributed by atoms with Gasteiger partial charge in [0.25, 0.3) is 5.56 Å². The molecule has 0 aliphatic carbocycles. The Hall–Kier alpha value is -2.37. The van der Waals surface area contributed by atoms with Gasteiger partial charge >= 0.3 is 0 Å². The van der Waals surface area contributed by atoms with Crippen molar-refractivity contribution in [2.24, 2.45) is 0 Å². The lowest BCUT2D eigenvalue weighted by molar-refractivity contribution is 0.819. The monoisotopic (exact) mass is 436 g/mol. The number of benzene rings is 3. The van der Waals surface area contributed by atoms with E-state index in [-0.39, 0.29) is 5.56 Å². The fraction of sp³-hybridized carbons (Fsp3) is 0.0909. The van der Waals surface area contributed by atoms with Gasteiger partial charge in [0, 0.05) is 10.2 Å². The predicted molar refractivity (Wildman–Crippen MR) is 116 cm³/mol. The number of hydrogen-bond acceptors (Lipinski definition) is 3. The van der Waals surface area contributed by atoms with Gasteiger partial charge in [-0.25, -0.2) is 4.98 Å². The molecule has 0 unspecified atom stereocenters. The van der Waals surface area contributed by atoms with Crippen molar-refractivity contribution in [1.29, 1.82) is 0 Å². The van der Waals surface area contributed by atoms with E-state index in [9.17, 15) is 4.79 Å². The predicted octanol–water partition coefficient (Wildman–Crippen LogP) is 5.75. The Morgan fingerprint density at radius 1 is 1.00 bits per heavy atom. The molecule has 1 aromatic heterocycles. The van der Waals surface area contributed by atoms with Crippen molar-refractivity contribution in [2.45, 2.75) is 17.8 Å². The highest BCUT2D eigenvalue weighted by atomic mass is 79.9. The van der Waals surface area contributed by atoms with Crippen LogP contribution >= 0.6 is 27.7 Å². The number of para-hydroxylation sites is 1. The van der Waals surface area contributed by atoms with E-state index in [1.807, 2.05) is 48.5 Å². The number of halogens is 1. The summed E-state index contributed by atoms with van der Waals surface area (Å²) in [5.74, 6) is 0.753. The number of aromatic nitrogens is 2. The normalized spacial score (nSPS) is 11.0. The second kappa shape index (κ2) is 7.71. The summed E-state index contributed by atoms with van der Waals surface area (Å²) >= 11 is 5.03. The SMILES string of the molecule is Cc1cccc(CSc2nc3ccc(Br)cc3c(=O)n2-c2ccccc2)c1. The zero-order valence-electron chi connectivity index (χ0n) is 14.7. The van der Waals surface area contributed by atoms with Gasteiger partial charge in [-0.05, 0) is 42.8 Å². The van der Waals surface area contributed by atoms with Crippen LogP contribution in [0, 0.1) is 6.92 Å². The molecule has 0 saturated carbocycles. The number of aryl methyl sites for hydroxylation is 1. The maximum absolute atomic E-state index is 13.3. The lowest BCUT2D eigenvalue weighted by Gasteiger charge is -2.13. The topological polar surface area (TPSA) is 34.9 Å². The van der Waals surface area contributed by atoms with Gasteiger partial charge in [0.15, 0.2) is 5.16 Å². The van der Waals surface area contributed by atoms with Crippen molar-refractivity contribution >= 4 is 38.6 Å². The lowest BCUT2D eigenvalue weighted by Crippen LogP contribution is -2.21. The molecule has 1 heterocycles. The first-order chi connectivity index (χ1) is 13.1. The first-order valence-corrected chi connectivity index (χ1v) is 10.4. The smallest absolute Gasteiger partial charge is 0.266 e. The number of fused-ring (bicyclic) bond motifs is 1. The van der Waals surface area contributed by atoms with Gasteiger partial charge in [0.05, 0.1) is 16.6 Å². The molecule has 0 atom stereocenters. The highest BCUT2D eigenvalue weighted by Gasteiger charge is 2.14. The maximum Gasteiger partial charge on any atom is 0.266 e. The molecule has 0 N–H and O–H groups in total. The van der Waals surface area contributed by atoms with Gasteiger partial charge in [-0.2, -0.15) is 0 Å². The van der Waals surface area contributed by atoms with Crippen LogP contribution in [0.5, 0.6) is 0 Å². The zero-order chi connectivity index (χ0) is 18.8. The quantitative estimate of drug-likeness (QED) is 0.301. The highest BCUT2D eigenvalue weighted by molar-refractivity contribution is 9.10. The summed E-state index contributed by atoms with van der Waals surface area (Å²) in [6.45, 7) is 2.08. The lowest BCUT2D eigenvalue weighted by atomic mass is 10.2. The number of thioether (sulfide) groups is 1. The van der Waals surface area contributed by atoms with E-state index >= 15 is 0 Å². The summed E-state index contributed by atoms with van der Waals surface area (Å²) in [5.41, 5.74) is 3.92. The van der Waals surface area contributed by atoms with Gasteiger partial charge in [0.2, 0.25) is 0 Å². The van der Waals surface area contributed by atoms with Crippen LogP contribution in [-0.2, 0) is 5.75 Å². The van der Waals surface area contributed by atoms with E-state index in [1.54, 1.807) is 16.3 Å². The Balaban J connectivity index is 1.85. The van der Waals surface area contributed by atoms with E-state index in [4.69, 9.17) is 4.98 Å². The molecule has 3 aromatic carbocycles. The third-order valence-electron chi connectivity index (χ3n) is 4.26. The van der Waals surface area contributed by atoms with E-state index in [0.717, 1.165) is 15.9 Å². The molecule has 0 fully saturated rings. The van der Waals surface area contributed by atoms with E-state index in [1.165, 1.54) is 11.1 Å². The van der Waals surface area contributed by atoms with Crippen molar-refractivity contribution in [3.8, 4) is 5.69 Å². The summed E-state index contributed by atoms with van der Waals surface area (Å²) in [5, 5.41) is 1.30. The molecule has 0 aliphatic rings. The Morgan fingerprint density at radius 3 is 2.59 bits per heavy atom. The summed E-state index contributed by atoms with van der Waals surface area (Å²) in [6.07, 6.45) is 0. The fourth-order valence-electron chi connectivity index (χ4n) is 2.99. The largest absolute Gasteiger partial charge is 0.268 e. The Kier molecular flexibility index (Phi) is 5.14. The van der Waals surface area contributed by atoms with Crippen LogP contribution in [0.4, 0.5) is 0 Å². The first-order valence-electron chi connectivity index (χ1n) is 8.58. The summed E-state index contributed by atoms with van der Waals surface area (Å²) in [7, 11) is 0. The first kappa shape index (κ1) is 18.0. The van der Waals surface area contributed by atoms with E-state index < -0.39 is 0 Å². The zero-order valence-corrected chi connectivity index (χ0v) is 17.1. The number of hydrogen-bond donors (Lipinski definition) is 0. The Labute approximate surface area is 170 Å². The number of rotatable bonds is 4. The standard InChI is InChI=1S/C22H17BrN2OS/c1-15-6-5-7-16(12-15)14-27-22-24-20-11-10-17(23)13-19(20)21(26)25(22)18-8-3-2-4-9-18/h2-13H,14H2,1H3. The molecule has 5 heteroatoms. The van der Waals surface area contributed by atoms with Crippen molar-refractivity contribution in [2.75, 3.05) is 0 Å². The minimum atomic E-state index is -0.0563. The summed E-state index contributed by atoms with van der Waals surface area (Å²) < 4.78 is 2.57. The Bertz CT molecular complexity index is 1170. The van der Waals surface area contributed by atoms with Gasteiger partial charge in [0.1, 0.15) is 0 Å². The molecule has 0 radical (unpaired) electrons. The third kappa shape index (κ3) is 3.84. The minimum absolute atomic E-state index is 0.0563. The average Bonchev–Trinajstić information content (AvgIpc) is 2.68. The summed E-state index contributed by atoms with van der Waals surface area (Å²) in [4.78, 5) is 18.1. The molecule has 0 aliphatic heterocycles. The van der Waals surface area contributed by atoms with Gasteiger partial charge < -0.3 is 0 Å². The van der Waals surface area contributed by atoms with Crippen LogP contribution in [0.25, 0.3) is 16.6 Å². The van der Waals surface area contributed by atoms with E-state index in [2.05, 4.69) is 47.1 Å². The third-order valence-corrected chi connectivity index (χ3v) is 5.77. The van der Waals surface area contributed by atoms with Gasteiger partial charge in [-0.1, -0.05) is 75.7 Å². The van der Waals surface area contributed by atoms with Crippen molar-refractivity contribution in [3.05, 3.63) is 98.7 Å². The maximum atomic E-state index is 13.3. The second-order valence-electron chi connectivity index (χ2n) is 6.31. The average molecular weight is 437 g/mol. The molecular weight excluding hydrogens is 420 g/mol. The van der Waals surface area contributed by atoms with Crippen molar-refractivity contribution in [3.63, 3.8) is 0 Å². The summed E-state index contributed by atoms with van der Waals surface area (Å²) in [6, 6.07) is 23.7. The molecule has 3 nitrogen and oxygen atoms in total. The highest BCUT2D eigenvalue weighted by Crippen LogP contribution is 2.26. The van der Waals surface area contributed by atoms with Crippen LogP contribution in [-0.4, -0.2) is 9.55 Å². The molecule has 134 valence electrons.